The lowest BCUT2D eigenvalue weighted by Gasteiger charge is -2.26. The fourth-order valence-electron chi connectivity index (χ4n) is 0.938. The van der Waals surface area contributed by atoms with Crippen molar-refractivity contribution in [2.24, 2.45) is 0 Å². The minimum absolute atomic E-state index is 0.0758. The molecule has 3 nitrogen and oxygen atoms in total. The van der Waals surface area contributed by atoms with Crippen molar-refractivity contribution in [2.45, 2.75) is 0 Å². The maximum Gasteiger partial charge on any atom is 0.264 e. The van der Waals surface area contributed by atoms with E-state index in [0.29, 0.717) is 26.3 Å². The molecule has 1 aliphatic heterocycles. The Morgan fingerprint density at radius 3 is 2.45 bits per heavy atom. The summed E-state index contributed by atoms with van der Waals surface area (Å²) in [6.07, 6.45) is 0. The van der Waals surface area contributed by atoms with E-state index in [0.717, 1.165) is 0 Å². The topological polar surface area (TPSA) is 29.5 Å². The summed E-state index contributed by atoms with van der Waals surface area (Å²) in [5, 5.41) is 0.0758. The summed E-state index contributed by atoms with van der Waals surface area (Å²) in [4.78, 5) is 12.8. The third-order valence-electron chi connectivity index (χ3n) is 1.53. The van der Waals surface area contributed by atoms with E-state index in [1.165, 1.54) is 0 Å². The summed E-state index contributed by atoms with van der Waals surface area (Å²) in [6.45, 7) is 5.78. The first-order chi connectivity index (χ1) is 5.22. The second-order valence-electron chi connectivity index (χ2n) is 2.31. The highest BCUT2D eigenvalue weighted by atomic mass is 35.5. The van der Waals surface area contributed by atoms with Crippen LogP contribution in [0.15, 0.2) is 11.6 Å². The van der Waals surface area contributed by atoms with Crippen LogP contribution in [0.2, 0.25) is 0 Å². The van der Waals surface area contributed by atoms with Gasteiger partial charge in [0.2, 0.25) is 0 Å². The molecule has 1 fully saturated rings. The van der Waals surface area contributed by atoms with Gasteiger partial charge >= 0.3 is 0 Å². The van der Waals surface area contributed by atoms with Gasteiger partial charge in [-0.2, -0.15) is 0 Å². The van der Waals surface area contributed by atoms with Crippen molar-refractivity contribution < 1.29 is 9.53 Å². The van der Waals surface area contributed by atoms with Crippen LogP contribution in [0.4, 0.5) is 0 Å². The van der Waals surface area contributed by atoms with Gasteiger partial charge in [-0.25, -0.2) is 0 Å². The van der Waals surface area contributed by atoms with E-state index >= 15 is 0 Å². The van der Waals surface area contributed by atoms with Gasteiger partial charge < -0.3 is 9.64 Å². The molecule has 1 saturated heterocycles. The molecular weight excluding hydrogens is 166 g/mol. The Morgan fingerprint density at radius 1 is 1.45 bits per heavy atom. The van der Waals surface area contributed by atoms with E-state index in [4.69, 9.17) is 16.3 Å². The molecule has 0 aromatic heterocycles. The molecule has 1 rings (SSSR count). The van der Waals surface area contributed by atoms with Gasteiger partial charge in [-0.05, 0) is 0 Å². The molecule has 0 bridgehead atoms. The average molecular weight is 176 g/mol. The Morgan fingerprint density at radius 2 is 2.00 bits per heavy atom. The molecule has 0 N–H and O–H groups in total. The van der Waals surface area contributed by atoms with Crippen molar-refractivity contribution in [1.29, 1.82) is 0 Å². The van der Waals surface area contributed by atoms with Crippen LogP contribution in [0.5, 0.6) is 0 Å². The molecule has 0 atom stereocenters. The molecule has 1 heterocycles. The predicted molar refractivity (Wildman–Crippen MR) is 42.4 cm³/mol. The minimum Gasteiger partial charge on any atom is -0.378 e. The smallest absolute Gasteiger partial charge is 0.264 e. The highest BCUT2D eigenvalue weighted by Crippen LogP contribution is 2.05. The third kappa shape index (κ3) is 2.20. The lowest BCUT2D eigenvalue weighted by atomic mass is 10.4. The maximum atomic E-state index is 11.1. The van der Waals surface area contributed by atoms with Crippen LogP contribution in [0.3, 0.4) is 0 Å². The Balaban J connectivity index is 2.45. The van der Waals surface area contributed by atoms with E-state index in [1.54, 1.807) is 4.90 Å². The summed E-state index contributed by atoms with van der Waals surface area (Å²) < 4.78 is 5.06. The fraction of sp³-hybridized carbons (Fsp3) is 0.571. The summed E-state index contributed by atoms with van der Waals surface area (Å²) >= 11 is 5.44. The predicted octanol–water partition coefficient (Wildman–Crippen LogP) is 0.598. The van der Waals surface area contributed by atoms with E-state index in [-0.39, 0.29) is 10.9 Å². The van der Waals surface area contributed by atoms with Crippen LogP contribution in [-0.2, 0) is 9.53 Å². The number of hydrogen-bond donors (Lipinski definition) is 0. The lowest BCUT2D eigenvalue weighted by molar-refractivity contribution is -0.130. The van der Waals surface area contributed by atoms with Crippen LogP contribution in [-0.4, -0.2) is 37.1 Å². The number of morpholine rings is 1. The van der Waals surface area contributed by atoms with Crippen molar-refractivity contribution in [3.05, 3.63) is 11.6 Å². The Bertz CT molecular complexity index is 175. The van der Waals surface area contributed by atoms with Crippen molar-refractivity contribution in [2.75, 3.05) is 26.3 Å². The molecular formula is C7H10ClNO2. The van der Waals surface area contributed by atoms with Gasteiger partial charge in [0.15, 0.2) is 0 Å². The lowest BCUT2D eigenvalue weighted by Crippen LogP contribution is -2.40. The fourth-order valence-corrected chi connectivity index (χ4v) is 1.06. The number of carbonyl (C=O) groups is 1. The van der Waals surface area contributed by atoms with Gasteiger partial charge in [-0.3, -0.25) is 4.79 Å². The summed E-state index contributed by atoms with van der Waals surface area (Å²) in [7, 11) is 0. The maximum absolute atomic E-state index is 11.1. The summed E-state index contributed by atoms with van der Waals surface area (Å²) in [5.41, 5.74) is 0. The molecule has 0 aliphatic carbocycles. The molecule has 62 valence electrons. The van der Waals surface area contributed by atoms with E-state index < -0.39 is 0 Å². The molecule has 0 aromatic rings. The first-order valence-corrected chi connectivity index (χ1v) is 3.81. The van der Waals surface area contributed by atoms with Gasteiger partial charge in [0, 0.05) is 13.1 Å². The number of carbonyl (C=O) groups excluding carboxylic acids is 1. The van der Waals surface area contributed by atoms with Gasteiger partial charge in [-0.15, -0.1) is 0 Å². The normalized spacial score (nSPS) is 18.1. The molecule has 0 radical (unpaired) electrons. The highest BCUT2D eigenvalue weighted by molar-refractivity contribution is 6.41. The number of amides is 1. The van der Waals surface area contributed by atoms with Crippen LogP contribution in [0.1, 0.15) is 0 Å². The number of nitrogens with zero attached hydrogens (tertiary/aromatic N) is 1. The quantitative estimate of drug-likeness (QED) is 0.547. The number of hydrogen-bond acceptors (Lipinski definition) is 2. The molecule has 1 amide bonds. The van der Waals surface area contributed by atoms with E-state index in [1.807, 2.05) is 0 Å². The zero-order valence-electron chi connectivity index (χ0n) is 6.18. The third-order valence-corrected chi connectivity index (χ3v) is 1.69. The van der Waals surface area contributed by atoms with Crippen molar-refractivity contribution in [3.8, 4) is 0 Å². The van der Waals surface area contributed by atoms with E-state index in [2.05, 4.69) is 6.58 Å². The monoisotopic (exact) mass is 175 g/mol. The highest BCUT2D eigenvalue weighted by Gasteiger charge is 2.17. The van der Waals surface area contributed by atoms with Gasteiger partial charge in [0.05, 0.1) is 18.2 Å². The Labute approximate surface area is 70.6 Å². The molecule has 11 heavy (non-hydrogen) atoms. The van der Waals surface area contributed by atoms with Crippen molar-refractivity contribution in [3.63, 3.8) is 0 Å². The summed E-state index contributed by atoms with van der Waals surface area (Å²) in [6, 6.07) is 0. The van der Waals surface area contributed by atoms with Crippen LogP contribution >= 0.6 is 11.6 Å². The molecule has 0 spiro atoms. The van der Waals surface area contributed by atoms with Gasteiger partial charge in [-0.1, -0.05) is 18.2 Å². The van der Waals surface area contributed by atoms with Crippen molar-refractivity contribution >= 4 is 17.5 Å². The van der Waals surface area contributed by atoms with Crippen LogP contribution < -0.4 is 0 Å². The Hall–Kier alpha value is -0.540. The number of ether oxygens (including phenoxy) is 1. The first kappa shape index (κ1) is 8.56. The van der Waals surface area contributed by atoms with Crippen LogP contribution in [0, 0.1) is 0 Å². The summed E-state index contributed by atoms with van der Waals surface area (Å²) in [5.74, 6) is -0.185. The zero-order chi connectivity index (χ0) is 8.27. The van der Waals surface area contributed by atoms with E-state index in [9.17, 15) is 4.79 Å². The second kappa shape index (κ2) is 3.74. The standard InChI is InChI=1S/C7H10ClNO2/c1-6(8)7(10)9-2-4-11-5-3-9/h1-5H2. The number of rotatable bonds is 1. The average Bonchev–Trinajstić information content (AvgIpc) is 2.05. The first-order valence-electron chi connectivity index (χ1n) is 3.43. The molecule has 1 aliphatic rings. The van der Waals surface area contributed by atoms with Gasteiger partial charge in [0.1, 0.15) is 0 Å². The van der Waals surface area contributed by atoms with Crippen LogP contribution in [0.25, 0.3) is 0 Å². The largest absolute Gasteiger partial charge is 0.378 e. The molecule has 0 unspecified atom stereocenters. The SMILES string of the molecule is C=C(Cl)C(=O)N1CCOCC1. The second-order valence-corrected chi connectivity index (χ2v) is 2.77. The molecule has 0 aromatic carbocycles. The number of halogens is 1. The van der Waals surface area contributed by atoms with Crippen molar-refractivity contribution in [1.82, 2.24) is 4.90 Å². The zero-order valence-corrected chi connectivity index (χ0v) is 6.93. The van der Waals surface area contributed by atoms with Gasteiger partial charge in [0.25, 0.3) is 5.91 Å². The minimum atomic E-state index is -0.185. The molecule has 0 saturated carbocycles. The Kier molecular flexibility index (Phi) is 2.91. The molecule has 4 heteroatoms.